The van der Waals surface area contributed by atoms with E-state index >= 15 is 0 Å². The Balaban J connectivity index is 1.39. The molecule has 10 heteroatoms. The van der Waals surface area contributed by atoms with Crippen LogP contribution in [0.3, 0.4) is 0 Å². The number of hydrogen-bond donors (Lipinski definition) is 1. The molecule has 1 N–H and O–H groups in total. The molecule has 35 heavy (non-hydrogen) atoms. The maximum Gasteiger partial charge on any atom is 0.245 e. The summed E-state index contributed by atoms with van der Waals surface area (Å²) in [6.07, 6.45) is 1.05. The van der Waals surface area contributed by atoms with Gasteiger partial charge < -0.3 is 15.0 Å². The van der Waals surface area contributed by atoms with Gasteiger partial charge >= 0.3 is 0 Å². The number of rotatable bonds is 5. The van der Waals surface area contributed by atoms with E-state index in [1.807, 2.05) is 54.3 Å². The lowest BCUT2D eigenvalue weighted by atomic mass is 10.2. The Morgan fingerprint density at radius 2 is 1.94 bits per heavy atom. The van der Waals surface area contributed by atoms with Gasteiger partial charge in [0.2, 0.25) is 11.9 Å². The summed E-state index contributed by atoms with van der Waals surface area (Å²) >= 11 is 3.62. The average Bonchev–Trinajstić information content (AvgIpc) is 3.58. The van der Waals surface area contributed by atoms with Crippen molar-refractivity contribution in [2.24, 2.45) is 0 Å². The van der Waals surface area contributed by atoms with Gasteiger partial charge in [0.05, 0.1) is 12.6 Å². The first kappa shape index (κ1) is 22.2. The number of likely N-dealkylation sites (tertiary alicyclic amines) is 2. The number of ether oxygens (including phenoxy) is 1. The molecule has 0 unspecified atom stereocenters. The number of piperazine rings is 1. The fourth-order valence-corrected chi connectivity index (χ4v) is 5.65. The van der Waals surface area contributed by atoms with Gasteiger partial charge in [-0.05, 0) is 72.7 Å². The number of amides is 1. The van der Waals surface area contributed by atoms with E-state index in [1.54, 1.807) is 11.6 Å². The van der Waals surface area contributed by atoms with E-state index in [2.05, 4.69) is 33.2 Å². The van der Waals surface area contributed by atoms with Gasteiger partial charge in [-0.3, -0.25) is 9.69 Å². The molecule has 0 saturated carbocycles. The molecule has 2 bridgehead atoms. The van der Waals surface area contributed by atoms with Crippen LogP contribution in [0.1, 0.15) is 13.3 Å². The Bertz CT molecular complexity index is 1440. The van der Waals surface area contributed by atoms with Crippen molar-refractivity contribution in [2.75, 3.05) is 32.6 Å². The summed E-state index contributed by atoms with van der Waals surface area (Å²) < 4.78 is 7.83. The average molecular weight is 536 g/mol. The van der Waals surface area contributed by atoms with E-state index in [4.69, 9.17) is 19.8 Å². The lowest BCUT2D eigenvalue weighted by Gasteiger charge is -2.33. The van der Waals surface area contributed by atoms with Gasteiger partial charge in [-0.1, -0.05) is 6.07 Å². The number of hydrogen-bond acceptors (Lipinski definition) is 7. The lowest BCUT2D eigenvalue weighted by molar-refractivity contribution is -0.133. The first-order valence-electron chi connectivity index (χ1n) is 11.7. The number of carbonyl (C=O) groups is 1. The van der Waals surface area contributed by atoms with Crippen LogP contribution in [0.2, 0.25) is 0 Å². The fourth-order valence-electron chi connectivity index (χ4n) is 5.19. The van der Waals surface area contributed by atoms with Crippen LogP contribution in [0.25, 0.3) is 27.9 Å². The standard InChI is InChI=1S/C25H26BrN7O2/c1-14(24(34)32-13-16-11-17(32)12-31(16)2)27-25-28-21-19(5-4-6-20(21)26)23-29-22(30-33(23)25)15-7-9-18(35-3)10-8-15/h4-10,14,16-17H,11-13H2,1-3H3,(H,27,28)/t14-,16+,17+/m1/s1. The number of halogens is 1. The number of nitrogens with one attached hydrogen (secondary N) is 1. The first-order chi connectivity index (χ1) is 16.9. The third kappa shape index (κ3) is 3.71. The minimum atomic E-state index is -0.455. The van der Waals surface area contributed by atoms with Crippen LogP contribution >= 0.6 is 15.9 Å². The van der Waals surface area contributed by atoms with Crippen LogP contribution in [0.4, 0.5) is 5.95 Å². The van der Waals surface area contributed by atoms with Crippen molar-refractivity contribution in [3.8, 4) is 17.1 Å². The Hall–Kier alpha value is -3.24. The van der Waals surface area contributed by atoms with E-state index in [0.717, 1.165) is 46.2 Å². The number of anilines is 1. The highest BCUT2D eigenvalue weighted by Gasteiger charge is 2.44. The largest absolute Gasteiger partial charge is 0.497 e. The number of likely N-dealkylation sites (N-methyl/N-ethyl adjacent to an activating group) is 1. The van der Waals surface area contributed by atoms with Gasteiger partial charge in [-0.15, -0.1) is 5.10 Å². The maximum absolute atomic E-state index is 13.4. The Labute approximate surface area is 211 Å². The number of carbonyl (C=O) groups excluding carboxylic acids is 1. The van der Waals surface area contributed by atoms with Crippen LogP contribution in [-0.2, 0) is 4.79 Å². The first-order valence-corrected chi connectivity index (χ1v) is 12.5. The van der Waals surface area contributed by atoms with Gasteiger partial charge in [-0.25, -0.2) is 9.97 Å². The van der Waals surface area contributed by atoms with E-state index in [0.29, 0.717) is 23.5 Å². The van der Waals surface area contributed by atoms with Gasteiger partial charge in [0, 0.05) is 40.6 Å². The summed E-state index contributed by atoms with van der Waals surface area (Å²) in [6, 6.07) is 13.8. The SMILES string of the molecule is COc1ccc(-c2nc3c4cccc(Br)c4nc(N[C@H](C)C(=O)N4C[C@@H]5C[C@H]4CN5C)n3n2)cc1. The van der Waals surface area contributed by atoms with E-state index in [9.17, 15) is 4.79 Å². The van der Waals surface area contributed by atoms with Gasteiger partial charge in [0.15, 0.2) is 11.5 Å². The van der Waals surface area contributed by atoms with Crippen molar-refractivity contribution in [1.29, 1.82) is 0 Å². The van der Waals surface area contributed by atoms with Crippen molar-refractivity contribution in [1.82, 2.24) is 29.4 Å². The Kier molecular flexibility index (Phi) is 5.37. The molecule has 2 fully saturated rings. The fraction of sp³-hybridized carbons (Fsp3) is 0.360. The van der Waals surface area contributed by atoms with Crippen LogP contribution in [0.5, 0.6) is 5.75 Å². The summed E-state index contributed by atoms with van der Waals surface area (Å²) in [5.41, 5.74) is 2.30. The summed E-state index contributed by atoms with van der Waals surface area (Å²) in [4.78, 5) is 27.4. The molecule has 2 aromatic heterocycles. The zero-order valence-corrected chi connectivity index (χ0v) is 21.4. The molecule has 0 spiro atoms. The zero-order valence-electron chi connectivity index (χ0n) is 19.8. The van der Waals surface area contributed by atoms with Crippen molar-refractivity contribution < 1.29 is 9.53 Å². The lowest BCUT2D eigenvalue weighted by Crippen LogP contribution is -2.51. The molecular weight excluding hydrogens is 510 g/mol. The molecule has 2 saturated heterocycles. The van der Waals surface area contributed by atoms with Crippen LogP contribution in [0, 0.1) is 0 Å². The molecule has 2 aliphatic heterocycles. The number of methoxy groups -OCH3 is 1. The minimum absolute atomic E-state index is 0.0864. The van der Waals surface area contributed by atoms with Crippen molar-refractivity contribution in [3.63, 3.8) is 0 Å². The number of aromatic nitrogens is 4. The van der Waals surface area contributed by atoms with Crippen molar-refractivity contribution in [2.45, 2.75) is 31.5 Å². The Morgan fingerprint density at radius 3 is 2.63 bits per heavy atom. The molecular formula is C25H26BrN7O2. The van der Waals surface area contributed by atoms with Crippen LogP contribution in [-0.4, -0.2) is 80.7 Å². The molecule has 0 aliphatic carbocycles. The molecule has 3 atom stereocenters. The normalized spacial score (nSPS) is 20.6. The second-order valence-corrected chi connectivity index (χ2v) is 10.2. The number of benzene rings is 2. The predicted molar refractivity (Wildman–Crippen MR) is 138 cm³/mol. The molecule has 1 amide bonds. The summed E-state index contributed by atoms with van der Waals surface area (Å²) in [6.45, 7) is 3.60. The molecule has 4 aromatic rings. The zero-order chi connectivity index (χ0) is 24.3. The second kappa shape index (κ2) is 8.46. The van der Waals surface area contributed by atoms with Crippen molar-refractivity contribution in [3.05, 3.63) is 46.9 Å². The van der Waals surface area contributed by atoms with Gasteiger partial charge in [0.1, 0.15) is 11.8 Å². The van der Waals surface area contributed by atoms with E-state index in [1.165, 1.54) is 0 Å². The monoisotopic (exact) mass is 535 g/mol. The third-order valence-electron chi connectivity index (χ3n) is 7.11. The highest BCUT2D eigenvalue weighted by Crippen LogP contribution is 2.31. The molecule has 0 radical (unpaired) electrons. The number of para-hydroxylation sites is 1. The third-order valence-corrected chi connectivity index (χ3v) is 7.75. The molecule has 9 nitrogen and oxygen atoms in total. The highest BCUT2D eigenvalue weighted by atomic mass is 79.9. The molecule has 2 aromatic carbocycles. The maximum atomic E-state index is 13.4. The van der Waals surface area contributed by atoms with E-state index in [-0.39, 0.29) is 11.9 Å². The second-order valence-electron chi connectivity index (χ2n) is 9.31. The topological polar surface area (TPSA) is 87.9 Å². The highest BCUT2D eigenvalue weighted by molar-refractivity contribution is 9.10. The van der Waals surface area contributed by atoms with Gasteiger partial charge in [0.25, 0.3) is 0 Å². The number of fused-ring (bicyclic) bond motifs is 5. The Morgan fingerprint density at radius 1 is 1.14 bits per heavy atom. The molecule has 180 valence electrons. The minimum Gasteiger partial charge on any atom is -0.497 e. The predicted octanol–water partition coefficient (Wildman–Crippen LogP) is 3.43. The van der Waals surface area contributed by atoms with Crippen LogP contribution in [0.15, 0.2) is 46.9 Å². The molecule has 6 rings (SSSR count). The summed E-state index contributed by atoms with van der Waals surface area (Å²) in [5, 5.41) is 8.98. The van der Waals surface area contributed by atoms with E-state index < -0.39 is 6.04 Å². The van der Waals surface area contributed by atoms with Crippen molar-refractivity contribution >= 4 is 44.3 Å². The van der Waals surface area contributed by atoms with Crippen LogP contribution < -0.4 is 10.1 Å². The smallest absolute Gasteiger partial charge is 0.245 e. The quantitative estimate of drug-likeness (QED) is 0.418. The molecule has 2 aliphatic rings. The summed E-state index contributed by atoms with van der Waals surface area (Å²) in [7, 11) is 3.77. The number of nitrogens with zero attached hydrogens (tertiary/aromatic N) is 6. The molecule has 4 heterocycles. The summed E-state index contributed by atoms with van der Waals surface area (Å²) in [5.74, 6) is 1.91. The van der Waals surface area contributed by atoms with Gasteiger partial charge in [-0.2, -0.15) is 4.52 Å².